The zero-order chi connectivity index (χ0) is 25.1. The average molecular weight is 503 g/mol. The SMILES string of the molecule is CCOC(=O)c1noc(C2CC2)c1C(=O)c1ccc(C(F)(F)F)cc1CP(=O)(OCC)OCC. The highest BCUT2D eigenvalue weighted by Crippen LogP contribution is 2.52. The quantitative estimate of drug-likeness (QED) is 0.217. The molecule has 2 aromatic rings. The van der Waals surface area contributed by atoms with E-state index < -0.39 is 37.2 Å². The van der Waals surface area contributed by atoms with Gasteiger partial charge in [-0.15, -0.1) is 0 Å². The summed E-state index contributed by atoms with van der Waals surface area (Å²) in [7, 11) is -3.87. The maximum Gasteiger partial charge on any atom is 0.416 e. The van der Waals surface area contributed by atoms with Crippen LogP contribution < -0.4 is 0 Å². The molecular weight excluding hydrogens is 478 g/mol. The predicted octanol–water partition coefficient (Wildman–Crippen LogP) is 5.74. The van der Waals surface area contributed by atoms with Crippen LogP contribution in [-0.4, -0.2) is 36.7 Å². The molecule has 1 aromatic heterocycles. The van der Waals surface area contributed by atoms with Crippen molar-refractivity contribution in [3.05, 3.63) is 51.9 Å². The van der Waals surface area contributed by atoms with Crippen molar-refractivity contribution in [1.82, 2.24) is 5.16 Å². The number of ether oxygens (including phenoxy) is 1. The number of hydrogen-bond donors (Lipinski definition) is 0. The van der Waals surface area contributed by atoms with E-state index in [4.69, 9.17) is 18.3 Å². The van der Waals surface area contributed by atoms with Gasteiger partial charge in [0, 0.05) is 11.5 Å². The molecule has 1 heterocycles. The minimum atomic E-state index is -4.70. The van der Waals surface area contributed by atoms with Gasteiger partial charge in [0.2, 0.25) is 5.69 Å². The Morgan fingerprint density at radius 2 is 1.76 bits per heavy atom. The van der Waals surface area contributed by atoms with Crippen LogP contribution in [0, 0.1) is 0 Å². The Labute approximate surface area is 194 Å². The van der Waals surface area contributed by atoms with E-state index in [9.17, 15) is 27.3 Å². The van der Waals surface area contributed by atoms with Gasteiger partial charge in [-0.3, -0.25) is 9.36 Å². The highest BCUT2D eigenvalue weighted by Gasteiger charge is 2.39. The van der Waals surface area contributed by atoms with E-state index in [1.165, 1.54) is 0 Å². The van der Waals surface area contributed by atoms with Crippen LogP contribution in [0.1, 0.15) is 82.8 Å². The van der Waals surface area contributed by atoms with Gasteiger partial charge in [-0.2, -0.15) is 13.2 Å². The van der Waals surface area contributed by atoms with E-state index in [1.807, 2.05) is 0 Å². The van der Waals surface area contributed by atoms with E-state index in [0.717, 1.165) is 18.2 Å². The molecule has 3 rings (SSSR count). The molecule has 12 heteroatoms. The number of ketones is 1. The molecule has 1 fully saturated rings. The van der Waals surface area contributed by atoms with Gasteiger partial charge in [-0.25, -0.2) is 4.79 Å². The molecule has 8 nitrogen and oxygen atoms in total. The van der Waals surface area contributed by atoms with Gasteiger partial charge >= 0.3 is 19.7 Å². The summed E-state index contributed by atoms with van der Waals surface area (Å²) in [6.45, 7) is 4.71. The van der Waals surface area contributed by atoms with Gasteiger partial charge in [0.15, 0.2) is 11.5 Å². The van der Waals surface area contributed by atoms with Crippen LogP contribution in [-0.2, 0) is 30.7 Å². The minimum Gasteiger partial charge on any atom is -0.461 e. The van der Waals surface area contributed by atoms with Crippen molar-refractivity contribution < 1.29 is 45.6 Å². The molecular formula is C22H25F3NO7P. The Hall–Kier alpha value is -2.49. The lowest BCUT2D eigenvalue weighted by molar-refractivity contribution is -0.137. The highest BCUT2D eigenvalue weighted by atomic mass is 31.2. The van der Waals surface area contributed by atoms with Crippen molar-refractivity contribution >= 4 is 19.3 Å². The van der Waals surface area contributed by atoms with Crippen molar-refractivity contribution in [2.24, 2.45) is 0 Å². The van der Waals surface area contributed by atoms with Crippen LogP contribution in [0.25, 0.3) is 0 Å². The summed E-state index contributed by atoms with van der Waals surface area (Å²) in [5, 5.41) is 3.71. The molecule has 34 heavy (non-hydrogen) atoms. The van der Waals surface area contributed by atoms with Crippen LogP contribution in [0.15, 0.2) is 22.7 Å². The third kappa shape index (κ3) is 5.76. The summed E-state index contributed by atoms with van der Waals surface area (Å²) >= 11 is 0. The zero-order valence-corrected chi connectivity index (χ0v) is 19.8. The highest BCUT2D eigenvalue weighted by molar-refractivity contribution is 7.53. The fraction of sp³-hybridized carbons (Fsp3) is 0.500. The van der Waals surface area contributed by atoms with Gasteiger partial charge in [0.05, 0.1) is 31.5 Å². The molecule has 0 unspecified atom stereocenters. The van der Waals surface area contributed by atoms with Crippen molar-refractivity contribution in [3.63, 3.8) is 0 Å². The molecule has 0 spiro atoms. The lowest BCUT2D eigenvalue weighted by Gasteiger charge is -2.19. The molecule has 0 saturated heterocycles. The van der Waals surface area contributed by atoms with Crippen molar-refractivity contribution in [2.45, 2.75) is 51.9 Å². The molecule has 0 amide bonds. The van der Waals surface area contributed by atoms with Crippen molar-refractivity contribution in [3.8, 4) is 0 Å². The second-order valence-electron chi connectivity index (χ2n) is 7.57. The van der Waals surface area contributed by atoms with E-state index in [1.54, 1.807) is 20.8 Å². The number of hydrogen-bond acceptors (Lipinski definition) is 8. The lowest BCUT2D eigenvalue weighted by atomic mass is 9.95. The van der Waals surface area contributed by atoms with Crippen molar-refractivity contribution in [1.29, 1.82) is 0 Å². The van der Waals surface area contributed by atoms with E-state index in [0.29, 0.717) is 12.8 Å². The van der Waals surface area contributed by atoms with Crippen LogP contribution >= 0.6 is 7.60 Å². The third-order valence-corrected chi connectivity index (χ3v) is 7.09. The smallest absolute Gasteiger partial charge is 0.416 e. The number of carbonyl (C=O) groups excluding carboxylic acids is 2. The Morgan fingerprint density at radius 3 is 2.29 bits per heavy atom. The van der Waals surface area contributed by atoms with Crippen molar-refractivity contribution in [2.75, 3.05) is 19.8 Å². The Kier molecular flexibility index (Phi) is 8.00. The standard InChI is InChI=1S/C22H25F3NO7P/c1-4-30-21(28)18-17(20(33-26-18)13-7-8-13)19(27)16-10-9-15(22(23,24)25)11-14(16)12-34(29,31-5-2)32-6-3/h9-11,13H,4-8,12H2,1-3H3. The third-order valence-electron chi connectivity index (χ3n) is 5.06. The minimum absolute atomic E-state index is 0.00992. The number of halogens is 3. The first kappa shape index (κ1) is 26.1. The summed E-state index contributed by atoms with van der Waals surface area (Å²) in [5.41, 5.74) is -1.93. The second-order valence-corrected chi connectivity index (χ2v) is 9.62. The largest absolute Gasteiger partial charge is 0.461 e. The van der Waals surface area contributed by atoms with Gasteiger partial charge in [0.25, 0.3) is 0 Å². The summed E-state index contributed by atoms with van der Waals surface area (Å²) in [4.78, 5) is 26.0. The Morgan fingerprint density at radius 1 is 1.12 bits per heavy atom. The molecule has 1 saturated carbocycles. The normalized spacial score (nSPS) is 14.3. The topological polar surface area (TPSA) is 105 Å². The molecule has 0 radical (unpaired) electrons. The van der Waals surface area contributed by atoms with E-state index >= 15 is 0 Å². The monoisotopic (exact) mass is 503 g/mol. The maximum absolute atomic E-state index is 13.6. The molecule has 1 aliphatic rings. The number of aromatic nitrogens is 1. The number of nitrogens with zero attached hydrogens (tertiary/aromatic N) is 1. The Bertz CT molecular complexity index is 1100. The molecule has 0 aliphatic heterocycles. The predicted molar refractivity (Wildman–Crippen MR) is 114 cm³/mol. The number of benzene rings is 1. The summed E-state index contributed by atoms with van der Waals surface area (Å²) in [6, 6.07) is 2.48. The molecule has 1 aromatic carbocycles. The van der Waals surface area contributed by atoms with Crippen LogP contribution in [0.2, 0.25) is 0 Å². The maximum atomic E-state index is 13.6. The average Bonchev–Trinajstić information content (AvgIpc) is 3.50. The fourth-order valence-corrected chi connectivity index (χ4v) is 5.20. The molecule has 0 bridgehead atoms. The zero-order valence-electron chi connectivity index (χ0n) is 18.9. The molecule has 1 aliphatic carbocycles. The number of rotatable bonds is 11. The van der Waals surface area contributed by atoms with Crippen LogP contribution in [0.3, 0.4) is 0 Å². The molecule has 186 valence electrons. The van der Waals surface area contributed by atoms with E-state index in [-0.39, 0.29) is 53.9 Å². The number of carbonyl (C=O) groups is 2. The number of esters is 1. The first-order chi connectivity index (χ1) is 16.0. The summed E-state index contributed by atoms with van der Waals surface area (Å²) < 4.78 is 74.1. The Balaban J connectivity index is 2.14. The van der Waals surface area contributed by atoms with Gasteiger partial charge in [-0.05, 0) is 51.3 Å². The summed E-state index contributed by atoms with van der Waals surface area (Å²) in [6.07, 6.45) is -3.86. The molecule has 0 N–H and O–H groups in total. The van der Waals surface area contributed by atoms with Crippen LogP contribution in [0.5, 0.6) is 0 Å². The second kappa shape index (κ2) is 10.4. The lowest BCUT2D eigenvalue weighted by Crippen LogP contribution is -2.16. The molecule has 0 atom stereocenters. The van der Waals surface area contributed by atoms with Gasteiger partial charge in [0.1, 0.15) is 5.56 Å². The van der Waals surface area contributed by atoms with Gasteiger partial charge in [-0.1, -0.05) is 11.2 Å². The van der Waals surface area contributed by atoms with Crippen LogP contribution in [0.4, 0.5) is 13.2 Å². The summed E-state index contributed by atoms with van der Waals surface area (Å²) in [5.74, 6) is -1.62. The number of alkyl halides is 3. The van der Waals surface area contributed by atoms with Gasteiger partial charge < -0.3 is 18.3 Å². The first-order valence-corrected chi connectivity index (χ1v) is 12.6. The van der Waals surface area contributed by atoms with E-state index in [2.05, 4.69) is 5.16 Å². The first-order valence-electron chi connectivity index (χ1n) is 10.8. The fourth-order valence-electron chi connectivity index (χ4n) is 3.47.